The van der Waals surface area contributed by atoms with Crippen LogP contribution in [0.1, 0.15) is 60.1 Å². The van der Waals surface area contributed by atoms with Gasteiger partial charge in [-0.3, -0.25) is 4.79 Å². The third kappa shape index (κ3) is 3.50. The Morgan fingerprint density at radius 3 is 2.72 bits per heavy atom. The summed E-state index contributed by atoms with van der Waals surface area (Å²) in [6, 6.07) is 3.51. The van der Waals surface area contributed by atoms with Crippen molar-refractivity contribution in [3.05, 3.63) is 35.6 Å². The summed E-state index contributed by atoms with van der Waals surface area (Å²) in [6.45, 7) is 3.18. The molecule has 25 heavy (non-hydrogen) atoms. The van der Waals surface area contributed by atoms with E-state index in [1.807, 2.05) is 4.90 Å². The summed E-state index contributed by atoms with van der Waals surface area (Å²) in [5.41, 5.74) is 0.637. The number of carbonyl (C=O) groups is 1. The molecular formula is C18H22N4O3. The molecule has 0 radical (unpaired) electrons. The number of aryl methyl sites for hydroxylation is 1. The summed E-state index contributed by atoms with van der Waals surface area (Å²) < 4.78 is 10.9. The van der Waals surface area contributed by atoms with Gasteiger partial charge in [-0.2, -0.15) is 4.98 Å². The number of carbonyl (C=O) groups excluding carboxylic acids is 1. The van der Waals surface area contributed by atoms with Gasteiger partial charge in [0, 0.05) is 43.8 Å². The predicted molar refractivity (Wildman–Crippen MR) is 89.4 cm³/mol. The second-order valence-electron chi connectivity index (χ2n) is 6.79. The molecule has 3 heterocycles. The molecule has 0 atom stereocenters. The Balaban J connectivity index is 1.37. The molecular weight excluding hydrogens is 320 g/mol. The van der Waals surface area contributed by atoms with E-state index < -0.39 is 0 Å². The molecule has 1 saturated heterocycles. The first-order chi connectivity index (χ1) is 12.2. The van der Waals surface area contributed by atoms with Gasteiger partial charge < -0.3 is 14.2 Å². The third-order valence-corrected chi connectivity index (χ3v) is 5.01. The van der Waals surface area contributed by atoms with Gasteiger partial charge in [0.1, 0.15) is 6.10 Å². The van der Waals surface area contributed by atoms with Crippen LogP contribution in [0.5, 0.6) is 5.88 Å². The van der Waals surface area contributed by atoms with Crippen LogP contribution in [0.2, 0.25) is 0 Å². The molecule has 0 unspecified atom stereocenters. The minimum absolute atomic E-state index is 0.0311. The molecule has 2 aromatic heterocycles. The van der Waals surface area contributed by atoms with Crippen LogP contribution in [0.25, 0.3) is 0 Å². The van der Waals surface area contributed by atoms with Crippen molar-refractivity contribution in [3.63, 3.8) is 0 Å². The van der Waals surface area contributed by atoms with E-state index in [-0.39, 0.29) is 17.9 Å². The van der Waals surface area contributed by atoms with Crippen LogP contribution in [0.4, 0.5) is 0 Å². The highest BCUT2D eigenvalue weighted by Crippen LogP contribution is 2.28. The topological polar surface area (TPSA) is 81.4 Å². The fraction of sp³-hybridized carbons (Fsp3) is 0.556. The molecule has 0 bridgehead atoms. The molecule has 132 valence electrons. The minimum Gasteiger partial charge on any atom is -0.474 e. The average Bonchev–Trinajstić information content (AvgIpc) is 3.04. The molecule has 2 aromatic rings. The van der Waals surface area contributed by atoms with Crippen LogP contribution in [0.3, 0.4) is 0 Å². The zero-order valence-corrected chi connectivity index (χ0v) is 14.4. The van der Waals surface area contributed by atoms with Crippen molar-refractivity contribution in [1.82, 2.24) is 20.0 Å². The number of hydrogen-bond acceptors (Lipinski definition) is 6. The lowest BCUT2D eigenvalue weighted by Crippen LogP contribution is -2.38. The molecule has 1 saturated carbocycles. The van der Waals surface area contributed by atoms with Gasteiger partial charge in [-0.1, -0.05) is 5.16 Å². The van der Waals surface area contributed by atoms with Gasteiger partial charge in [0.05, 0.1) is 0 Å². The van der Waals surface area contributed by atoms with E-state index in [0.717, 1.165) is 31.5 Å². The molecule has 0 spiro atoms. The second-order valence-corrected chi connectivity index (χ2v) is 6.79. The van der Waals surface area contributed by atoms with E-state index in [9.17, 15) is 4.79 Å². The number of hydrogen-bond donors (Lipinski definition) is 0. The summed E-state index contributed by atoms with van der Waals surface area (Å²) in [5.74, 6) is 2.18. The highest BCUT2D eigenvalue weighted by atomic mass is 16.5. The molecule has 0 aromatic carbocycles. The molecule has 7 nitrogen and oxygen atoms in total. The standard InChI is InChI=1S/C18H22N4O3/c1-12-20-17(21-25-12)13-6-9-22(10-7-13)18(23)14-5-8-19-16(11-14)24-15-3-2-4-15/h5,8,11,13,15H,2-4,6-7,9-10H2,1H3. The van der Waals surface area contributed by atoms with E-state index >= 15 is 0 Å². The van der Waals surface area contributed by atoms with Crippen LogP contribution in [-0.2, 0) is 0 Å². The lowest BCUT2D eigenvalue weighted by molar-refractivity contribution is 0.0708. The Hall–Kier alpha value is -2.44. The monoisotopic (exact) mass is 342 g/mol. The zero-order chi connectivity index (χ0) is 17.2. The van der Waals surface area contributed by atoms with Crippen LogP contribution in [-0.4, -0.2) is 45.1 Å². The number of pyridine rings is 1. The lowest BCUT2D eigenvalue weighted by atomic mass is 9.95. The van der Waals surface area contributed by atoms with Crippen LogP contribution >= 0.6 is 0 Å². The maximum absolute atomic E-state index is 12.8. The van der Waals surface area contributed by atoms with Gasteiger partial charge in [-0.25, -0.2) is 4.98 Å². The van der Waals surface area contributed by atoms with E-state index in [0.29, 0.717) is 30.4 Å². The van der Waals surface area contributed by atoms with Gasteiger partial charge in [-0.15, -0.1) is 0 Å². The van der Waals surface area contributed by atoms with Crippen molar-refractivity contribution in [3.8, 4) is 5.88 Å². The third-order valence-electron chi connectivity index (χ3n) is 5.01. The number of likely N-dealkylation sites (tertiary alicyclic amines) is 1. The summed E-state index contributed by atoms with van der Waals surface area (Å²) >= 11 is 0. The first-order valence-electron chi connectivity index (χ1n) is 8.91. The molecule has 7 heteroatoms. The quantitative estimate of drug-likeness (QED) is 0.850. The summed E-state index contributed by atoms with van der Waals surface area (Å²) in [5, 5.41) is 4.01. The first kappa shape index (κ1) is 16.1. The van der Waals surface area contributed by atoms with Gasteiger partial charge in [0.2, 0.25) is 11.8 Å². The predicted octanol–water partition coefficient (Wildman–Crippen LogP) is 2.72. The van der Waals surface area contributed by atoms with E-state index in [1.54, 1.807) is 25.3 Å². The van der Waals surface area contributed by atoms with Crippen LogP contribution in [0, 0.1) is 6.92 Å². The summed E-state index contributed by atoms with van der Waals surface area (Å²) in [6.07, 6.45) is 6.95. The Morgan fingerprint density at radius 2 is 2.08 bits per heavy atom. The second kappa shape index (κ2) is 6.82. The number of piperidine rings is 1. The summed E-state index contributed by atoms with van der Waals surface area (Å²) in [7, 11) is 0. The maximum Gasteiger partial charge on any atom is 0.254 e. The van der Waals surface area contributed by atoms with Crippen molar-refractivity contribution in [1.29, 1.82) is 0 Å². The number of nitrogens with zero attached hydrogens (tertiary/aromatic N) is 4. The molecule has 4 rings (SSSR count). The van der Waals surface area contributed by atoms with Crippen LogP contribution in [0.15, 0.2) is 22.9 Å². The molecule has 1 aliphatic carbocycles. The Bertz CT molecular complexity index is 748. The molecule has 0 N–H and O–H groups in total. The smallest absolute Gasteiger partial charge is 0.254 e. The number of ether oxygens (including phenoxy) is 1. The van der Waals surface area contributed by atoms with Gasteiger partial charge in [0.25, 0.3) is 5.91 Å². The molecule has 2 fully saturated rings. The minimum atomic E-state index is 0.0311. The average molecular weight is 342 g/mol. The number of aromatic nitrogens is 3. The number of rotatable bonds is 4. The van der Waals surface area contributed by atoms with Crippen molar-refractivity contribution in [2.24, 2.45) is 0 Å². The molecule has 1 amide bonds. The van der Waals surface area contributed by atoms with Crippen molar-refractivity contribution in [2.45, 2.75) is 51.0 Å². The van der Waals surface area contributed by atoms with Gasteiger partial charge >= 0.3 is 0 Å². The summed E-state index contributed by atoms with van der Waals surface area (Å²) in [4.78, 5) is 23.2. The van der Waals surface area contributed by atoms with Gasteiger partial charge in [-0.05, 0) is 38.2 Å². The van der Waals surface area contributed by atoms with Crippen molar-refractivity contribution < 1.29 is 14.1 Å². The van der Waals surface area contributed by atoms with Crippen LogP contribution < -0.4 is 4.74 Å². The number of amides is 1. The highest BCUT2D eigenvalue weighted by molar-refractivity contribution is 5.94. The normalized spacial score (nSPS) is 18.8. The highest BCUT2D eigenvalue weighted by Gasteiger charge is 2.27. The lowest BCUT2D eigenvalue weighted by Gasteiger charge is -2.31. The Kier molecular flexibility index (Phi) is 4.38. The van der Waals surface area contributed by atoms with Gasteiger partial charge in [0.15, 0.2) is 5.82 Å². The van der Waals surface area contributed by atoms with E-state index in [4.69, 9.17) is 9.26 Å². The van der Waals surface area contributed by atoms with Crippen molar-refractivity contribution in [2.75, 3.05) is 13.1 Å². The van der Waals surface area contributed by atoms with E-state index in [2.05, 4.69) is 15.1 Å². The molecule has 2 aliphatic rings. The fourth-order valence-electron chi connectivity index (χ4n) is 3.27. The maximum atomic E-state index is 12.8. The fourth-order valence-corrected chi connectivity index (χ4v) is 3.27. The van der Waals surface area contributed by atoms with Crippen molar-refractivity contribution >= 4 is 5.91 Å². The molecule has 1 aliphatic heterocycles. The zero-order valence-electron chi connectivity index (χ0n) is 14.4. The first-order valence-corrected chi connectivity index (χ1v) is 8.91. The Morgan fingerprint density at radius 1 is 1.28 bits per heavy atom. The largest absolute Gasteiger partial charge is 0.474 e. The SMILES string of the molecule is Cc1nc(C2CCN(C(=O)c3ccnc(OC4CCC4)c3)CC2)no1. The van der Waals surface area contributed by atoms with E-state index in [1.165, 1.54) is 6.42 Å². The Labute approximate surface area is 146 Å².